The van der Waals surface area contributed by atoms with Gasteiger partial charge in [-0.3, -0.25) is 0 Å². The van der Waals surface area contributed by atoms with Crippen molar-refractivity contribution in [2.24, 2.45) is 5.41 Å². The summed E-state index contributed by atoms with van der Waals surface area (Å²) in [4.78, 5) is 2.43. The fourth-order valence-electron chi connectivity index (χ4n) is 2.72. The normalized spacial score (nSPS) is 29.1. The molecule has 1 saturated heterocycles. The first kappa shape index (κ1) is 9.75. The minimum absolute atomic E-state index is 0.000392. The first-order valence-electron chi connectivity index (χ1n) is 5.20. The highest BCUT2D eigenvalue weighted by atomic mass is 35.5. The van der Waals surface area contributed by atoms with E-state index >= 15 is 0 Å². The summed E-state index contributed by atoms with van der Waals surface area (Å²) in [7, 11) is 0. The summed E-state index contributed by atoms with van der Waals surface area (Å²) >= 11 is 5.70. The van der Waals surface area contributed by atoms with Crippen molar-refractivity contribution in [2.75, 3.05) is 25.5 Å². The molecular formula is C10H18ClNO. The lowest BCUT2D eigenvalue weighted by molar-refractivity contribution is -0.0671. The van der Waals surface area contributed by atoms with Gasteiger partial charge in [-0.15, -0.1) is 11.6 Å². The quantitative estimate of drug-likeness (QED) is 0.687. The Balaban J connectivity index is 1.77. The lowest BCUT2D eigenvalue weighted by atomic mass is 9.61. The highest BCUT2D eigenvalue weighted by Crippen LogP contribution is 2.48. The molecule has 2 nitrogen and oxygen atoms in total. The van der Waals surface area contributed by atoms with Crippen molar-refractivity contribution < 1.29 is 5.11 Å². The number of hydrogen-bond acceptors (Lipinski definition) is 2. The zero-order valence-corrected chi connectivity index (χ0v) is 8.76. The second-order valence-electron chi connectivity index (χ2n) is 4.59. The van der Waals surface area contributed by atoms with E-state index in [1.165, 1.54) is 25.9 Å². The molecule has 0 unspecified atom stereocenters. The van der Waals surface area contributed by atoms with Gasteiger partial charge in [0.2, 0.25) is 0 Å². The van der Waals surface area contributed by atoms with Gasteiger partial charge in [-0.2, -0.15) is 0 Å². The maximum Gasteiger partial charge on any atom is 0.0550 e. The monoisotopic (exact) mass is 203 g/mol. The Morgan fingerprint density at radius 1 is 1.31 bits per heavy atom. The Morgan fingerprint density at radius 2 is 1.92 bits per heavy atom. The first-order valence-corrected chi connectivity index (χ1v) is 5.74. The minimum Gasteiger partial charge on any atom is -0.393 e. The zero-order chi connectivity index (χ0) is 9.31. The summed E-state index contributed by atoms with van der Waals surface area (Å²) in [5.41, 5.74) is 0.516. The van der Waals surface area contributed by atoms with Crippen LogP contribution in [0.15, 0.2) is 0 Å². The number of aliphatic hydroxyl groups excluding tert-OH is 1. The van der Waals surface area contributed by atoms with Crippen LogP contribution >= 0.6 is 11.6 Å². The van der Waals surface area contributed by atoms with Gasteiger partial charge in [0.05, 0.1) is 6.10 Å². The highest BCUT2D eigenvalue weighted by molar-refractivity contribution is 6.18. The van der Waals surface area contributed by atoms with E-state index in [1.807, 2.05) is 0 Å². The maximum atomic E-state index is 9.30. The van der Waals surface area contributed by atoms with E-state index in [4.69, 9.17) is 11.6 Å². The predicted octanol–water partition coefficient (Wildman–Crippen LogP) is 1.46. The summed E-state index contributed by atoms with van der Waals surface area (Å²) in [6.45, 7) is 3.39. The van der Waals surface area contributed by atoms with E-state index in [0.29, 0.717) is 5.41 Å². The Hall–Kier alpha value is 0.210. The van der Waals surface area contributed by atoms with Gasteiger partial charge in [-0.1, -0.05) is 0 Å². The van der Waals surface area contributed by atoms with Crippen molar-refractivity contribution >= 4 is 11.6 Å². The molecule has 0 bridgehead atoms. The second kappa shape index (κ2) is 3.76. The molecule has 2 aliphatic rings. The van der Waals surface area contributed by atoms with Crippen molar-refractivity contribution in [2.45, 2.75) is 31.8 Å². The lowest BCUT2D eigenvalue weighted by Gasteiger charge is -2.50. The summed E-state index contributed by atoms with van der Waals surface area (Å²) in [5.74, 6) is 0.746. The van der Waals surface area contributed by atoms with Crippen molar-refractivity contribution in [1.82, 2.24) is 4.90 Å². The molecule has 1 heterocycles. The molecule has 0 amide bonds. The molecule has 1 saturated carbocycles. The topological polar surface area (TPSA) is 23.5 Å². The van der Waals surface area contributed by atoms with E-state index in [-0.39, 0.29) is 6.10 Å². The van der Waals surface area contributed by atoms with Gasteiger partial charge in [0, 0.05) is 12.4 Å². The van der Waals surface area contributed by atoms with Crippen LogP contribution in [-0.4, -0.2) is 41.6 Å². The zero-order valence-electron chi connectivity index (χ0n) is 8.01. The van der Waals surface area contributed by atoms with Gasteiger partial charge in [0.25, 0.3) is 0 Å². The van der Waals surface area contributed by atoms with Gasteiger partial charge in [0.1, 0.15) is 0 Å². The highest BCUT2D eigenvalue weighted by Gasteiger charge is 2.44. The smallest absolute Gasteiger partial charge is 0.0550 e. The third-order valence-corrected chi connectivity index (χ3v) is 3.82. The van der Waals surface area contributed by atoms with Crippen LogP contribution in [0.1, 0.15) is 25.7 Å². The van der Waals surface area contributed by atoms with Crippen LogP contribution in [0.3, 0.4) is 0 Å². The van der Waals surface area contributed by atoms with Gasteiger partial charge >= 0.3 is 0 Å². The van der Waals surface area contributed by atoms with E-state index in [9.17, 15) is 5.11 Å². The Labute approximate surface area is 84.9 Å². The fourth-order valence-corrected chi connectivity index (χ4v) is 2.96. The van der Waals surface area contributed by atoms with E-state index in [2.05, 4.69) is 4.90 Å². The van der Waals surface area contributed by atoms with Crippen LogP contribution in [0.4, 0.5) is 0 Å². The molecule has 76 valence electrons. The maximum absolute atomic E-state index is 9.30. The fraction of sp³-hybridized carbons (Fsp3) is 1.00. The predicted molar refractivity (Wildman–Crippen MR) is 54.1 cm³/mol. The Morgan fingerprint density at radius 3 is 2.38 bits per heavy atom. The molecule has 0 aromatic heterocycles. The molecule has 2 rings (SSSR count). The van der Waals surface area contributed by atoms with Gasteiger partial charge in [0.15, 0.2) is 0 Å². The molecule has 0 atom stereocenters. The summed E-state index contributed by atoms with van der Waals surface area (Å²) in [6, 6.07) is 0. The molecule has 2 fully saturated rings. The van der Waals surface area contributed by atoms with Gasteiger partial charge in [-0.05, 0) is 44.2 Å². The van der Waals surface area contributed by atoms with Crippen LogP contribution in [0, 0.1) is 5.41 Å². The van der Waals surface area contributed by atoms with Gasteiger partial charge < -0.3 is 10.0 Å². The second-order valence-corrected chi connectivity index (χ2v) is 4.97. The van der Waals surface area contributed by atoms with Crippen molar-refractivity contribution in [3.63, 3.8) is 0 Å². The van der Waals surface area contributed by atoms with Crippen LogP contribution in [0.5, 0.6) is 0 Å². The molecule has 1 N–H and O–H groups in total. The molecular weight excluding hydrogens is 186 g/mol. The van der Waals surface area contributed by atoms with Crippen LogP contribution in [0.2, 0.25) is 0 Å². The summed E-state index contributed by atoms with van der Waals surface area (Å²) in [6.07, 6.45) is 4.62. The molecule has 1 aliphatic heterocycles. The van der Waals surface area contributed by atoms with Gasteiger partial charge in [-0.25, -0.2) is 0 Å². The lowest BCUT2D eigenvalue weighted by Crippen LogP contribution is -2.49. The molecule has 13 heavy (non-hydrogen) atoms. The van der Waals surface area contributed by atoms with Crippen molar-refractivity contribution in [3.8, 4) is 0 Å². The number of hydrogen-bond donors (Lipinski definition) is 1. The third-order valence-electron chi connectivity index (χ3n) is 3.65. The number of aliphatic hydroxyl groups is 1. The average Bonchev–Trinajstić information content (AvgIpc) is 2.07. The number of likely N-dealkylation sites (tertiary alicyclic amines) is 1. The average molecular weight is 204 g/mol. The third kappa shape index (κ3) is 2.00. The number of alkyl halides is 1. The Bertz CT molecular complexity index is 170. The number of halogens is 1. The van der Waals surface area contributed by atoms with E-state index < -0.39 is 0 Å². The van der Waals surface area contributed by atoms with Crippen molar-refractivity contribution in [3.05, 3.63) is 0 Å². The number of nitrogens with zero attached hydrogens (tertiary/aromatic N) is 1. The summed E-state index contributed by atoms with van der Waals surface area (Å²) < 4.78 is 0. The van der Waals surface area contributed by atoms with Crippen LogP contribution < -0.4 is 0 Å². The SMILES string of the molecule is OC1CC2(CCN(CCCl)CC2)C1. The Kier molecular flexibility index (Phi) is 2.82. The number of rotatable bonds is 2. The molecule has 0 aromatic carbocycles. The number of piperidine rings is 1. The standard InChI is InChI=1S/C10H18ClNO/c11-3-6-12-4-1-10(2-5-12)7-9(13)8-10/h9,13H,1-8H2. The van der Waals surface area contributed by atoms with E-state index in [1.54, 1.807) is 0 Å². The first-order chi connectivity index (χ1) is 6.24. The molecule has 1 aliphatic carbocycles. The van der Waals surface area contributed by atoms with Crippen molar-refractivity contribution in [1.29, 1.82) is 0 Å². The minimum atomic E-state index is -0.000392. The molecule has 0 aromatic rings. The van der Waals surface area contributed by atoms with Crippen LogP contribution in [-0.2, 0) is 0 Å². The molecule has 0 radical (unpaired) electrons. The van der Waals surface area contributed by atoms with Crippen LogP contribution in [0.25, 0.3) is 0 Å². The largest absolute Gasteiger partial charge is 0.393 e. The summed E-state index contributed by atoms with van der Waals surface area (Å²) in [5, 5.41) is 9.30. The molecule has 1 spiro atoms. The molecule has 3 heteroatoms. The van der Waals surface area contributed by atoms with E-state index in [0.717, 1.165) is 25.3 Å².